The molecule has 0 spiro atoms. The number of nitrogens with one attached hydrogen (secondary N) is 1. The number of hydrogen-bond acceptors (Lipinski definition) is 2. The molecule has 0 aromatic heterocycles. The summed E-state index contributed by atoms with van der Waals surface area (Å²) in [5.41, 5.74) is -0.729. The van der Waals surface area contributed by atoms with Crippen LogP contribution in [0.1, 0.15) is 13.8 Å². The lowest BCUT2D eigenvalue weighted by Crippen LogP contribution is -2.42. The van der Waals surface area contributed by atoms with Gasteiger partial charge < -0.3 is 10.1 Å². The Morgan fingerprint density at radius 3 is 2.36 bits per heavy atom. The molecular formula is C16H14Cl2FNO2. The SMILES string of the molecule is CC(C)(Oc1ccc(F)cc1)C(=O)Nc1ccc(Cl)cc1Cl. The van der Waals surface area contributed by atoms with E-state index >= 15 is 0 Å². The van der Waals surface area contributed by atoms with Crippen molar-refractivity contribution < 1.29 is 13.9 Å². The van der Waals surface area contributed by atoms with Crippen LogP contribution >= 0.6 is 23.2 Å². The summed E-state index contributed by atoms with van der Waals surface area (Å²) >= 11 is 11.8. The maximum absolute atomic E-state index is 12.9. The van der Waals surface area contributed by atoms with E-state index in [1.54, 1.807) is 26.0 Å². The maximum Gasteiger partial charge on any atom is 0.268 e. The van der Waals surface area contributed by atoms with Crippen LogP contribution in [0.15, 0.2) is 42.5 Å². The quantitative estimate of drug-likeness (QED) is 0.856. The Bertz CT molecular complexity index is 687. The molecular weight excluding hydrogens is 328 g/mol. The van der Waals surface area contributed by atoms with Crippen molar-refractivity contribution in [3.63, 3.8) is 0 Å². The van der Waals surface area contributed by atoms with Crippen LogP contribution in [0.5, 0.6) is 5.75 Å². The molecule has 6 heteroatoms. The number of hydrogen-bond donors (Lipinski definition) is 1. The zero-order valence-corrected chi connectivity index (χ0v) is 13.5. The number of rotatable bonds is 4. The summed E-state index contributed by atoms with van der Waals surface area (Å²) in [5, 5.41) is 3.49. The van der Waals surface area contributed by atoms with Crippen LogP contribution in [0.3, 0.4) is 0 Å². The van der Waals surface area contributed by atoms with E-state index in [4.69, 9.17) is 27.9 Å². The lowest BCUT2D eigenvalue weighted by molar-refractivity contribution is -0.128. The molecule has 2 aromatic carbocycles. The highest BCUT2D eigenvalue weighted by molar-refractivity contribution is 6.36. The number of carbonyl (C=O) groups excluding carboxylic acids is 1. The highest BCUT2D eigenvalue weighted by Gasteiger charge is 2.30. The molecule has 0 saturated heterocycles. The zero-order valence-electron chi connectivity index (χ0n) is 12.0. The summed E-state index contributed by atoms with van der Waals surface area (Å²) in [6, 6.07) is 10.2. The highest BCUT2D eigenvalue weighted by atomic mass is 35.5. The number of halogens is 3. The second-order valence-electron chi connectivity index (χ2n) is 5.14. The molecule has 3 nitrogen and oxygen atoms in total. The Morgan fingerprint density at radius 2 is 1.77 bits per heavy atom. The molecule has 1 N–H and O–H groups in total. The van der Waals surface area contributed by atoms with Crippen molar-refractivity contribution in [3.8, 4) is 5.75 Å². The maximum atomic E-state index is 12.9. The van der Waals surface area contributed by atoms with E-state index < -0.39 is 5.60 Å². The normalized spacial score (nSPS) is 11.1. The summed E-state index contributed by atoms with van der Waals surface area (Å²) in [6.45, 7) is 3.21. The largest absolute Gasteiger partial charge is 0.478 e. The molecule has 0 saturated carbocycles. The lowest BCUT2D eigenvalue weighted by Gasteiger charge is -2.25. The second-order valence-corrected chi connectivity index (χ2v) is 5.99. The fraction of sp³-hybridized carbons (Fsp3) is 0.188. The van der Waals surface area contributed by atoms with Gasteiger partial charge in [0.15, 0.2) is 5.60 Å². The van der Waals surface area contributed by atoms with Crippen LogP contribution in [-0.2, 0) is 4.79 Å². The first-order chi connectivity index (χ1) is 10.3. The van der Waals surface area contributed by atoms with E-state index in [-0.39, 0.29) is 11.7 Å². The summed E-state index contributed by atoms with van der Waals surface area (Å²) in [4.78, 5) is 12.3. The molecule has 2 rings (SSSR count). The molecule has 116 valence electrons. The second kappa shape index (κ2) is 6.55. The Morgan fingerprint density at radius 1 is 1.14 bits per heavy atom. The van der Waals surface area contributed by atoms with Gasteiger partial charge in [-0.05, 0) is 56.3 Å². The van der Waals surface area contributed by atoms with Gasteiger partial charge in [-0.25, -0.2) is 4.39 Å². The van der Waals surface area contributed by atoms with Crippen LogP contribution < -0.4 is 10.1 Å². The molecule has 0 bridgehead atoms. The van der Waals surface area contributed by atoms with Crippen molar-refractivity contribution in [1.82, 2.24) is 0 Å². The van der Waals surface area contributed by atoms with Gasteiger partial charge in [0.05, 0.1) is 10.7 Å². The van der Waals surface area contributed by atoms with E-state index in [0.717, 1.165) is 0 Å². The van der Waals surface area contributed by atoms with Crippen LogP contribution in [0.2, 0.25) is 10.0 Å². The molecule has 0 unspecified atom stereocenters. The van der Waals surface area contributed by atoms with Crippen molar-refractivity contribution in [2.75, 3.05) is 5.32 Å². The van der Waals surface area contributed by atoms with Crippen LogP contribution in [0, 0.1) is 5.82 Å². The van der Waals surface area contributed by atoms with Crippen molar-refractivity contribution in [2.45, 2.75) is 19.4 Å². The molecule has 2 aromatic rings. The van der Waals surface area contributed by atoms with E-state index in [2.05, 4.69) is 5.32 Å². The minimum Gasteiger partial charge on any atom is -0.478 e. The standard InChI is InChI=1S/C16H14Cl2FNO2/c1-16(2,22-12-6-4-11(19)5-7-12)15(21)20-14-8-3-10(17)9-13(14)18/h3-9H,1-2H3,(H,20,21). The third kappa shape index (κ3) is 4.12. The predicted molar refractivity (Wildman–Crippen MR) is 86.2 cm³/mol. The smallest absolute Gasteiger partial charge is 0.268 e. The van der Waals surface area contributed by atoms with E-state index in [0.29, 0.717) is 21.5 Å². The van der Waals surface area contributed by atoms with Gasteiger partial charge in [0, 0.05) is 5.02 Å². The number of carbonyl (C=O) groups is 1. The summed E-state index contributed by atoms with van der Waals surface area (Å²) in [7, 11) is 0. The van der Waals surface area contributed by atoms with Gasteiger partial charge in [-0.15, -0.1) is 0 Å². The Kier molecular flexibility index (Phi) is 4.94. The van der Waals surface area contributed by atoms with Crippen LogP contribution in [0.25, 0.3) is 0 Å². The Balaban J connectivity index is 2.11. The molecule has 0 atom stereocenters. The lowest BCUT2D eigenvalue weighted by atomic mass is 10.1. The predicted octanol–water partition coefficient (Wildman–Crippen LogP) is 4.93. The van der Waals surface area contributed by atoms with Gasteiger partial charge in [0.25, 0.3) is 5.91 Å². The Hall–Kier alpha value is -1.78. The number of amides is 1. The summed E-state index contributed by atoms with van der Waals surface area (Å²) < 4.78 is 18.5. The zero-order chi connectivity index (χ0) is 16.3. The average Bonchev–Trinajstić information content (AvgIpc) is 2.44. The topological polar surface area (TPSA) is 38.3 Å². The summed E-state index contributed by atoms with van der Waals surface area (Å²) in [6.07, 6.45) is 0. The van der Waals surface area contributed by atoms with Crippen LogP contribution in [-0.4, -0.2) is 11.5 Å². The van der Waals surface area contributed by atoms with Crippen LogP contribution in [0.4, 0.5) is 10.1 Å². The first kappa shape index (κ1) is 16.6. The van der Waals surface area contributed by atoms with Gasteiger partial charge in [0.2, 0.25) is 0 Å². The monoisotopic (exact) mass is 341 g/mol. The van der Waals surface area contributed by atoms with Gasteiger partial charge in [-0.2, -0.15) is 0 Å². The number of ether oxygens (including phenoxy) is 1. The first-order valence-corrected chi connectivity index (χ1v) is 7.24. The van der Waals surface area contributed by atoms with E-state index in [1.165, 1.54) is 30.3 Å². The highest BCUT2D eigenvalue weighted by Crippen LogP contribution is 2.27. The van der Waals surface area contributed by atoms with Gasteiger partial charge in [-0.1, -0.05) is 23.2 Å². The van der Waals surface area contributed by atoms with Gasteiger partial charge >= 0.3 is 0 Å². The molecule has 0 radical (unpaired) electrons. The minimum atomic E-state index is -1.17. The summed E-state index contributed by atoms with van der Waals surface area (Å²) in [5.74, 6) is -0.368. The molecule has 0 fully saturated rings. The fourth-order valence-corrected chi connectivity index (χ4v) is 2.16. The van der Waals surface area contributed by atoms with Gasteiger partial charge in [-0.3, -0.25) is 4.79 Å². The van der Waals surface area contributed by atoms with Gasteiger partial charge in [0.1, 0.15) is 11.6 Å². The molecule has 22 heavy (non-hydrogen) atoms. The number of benzene rings is 2. The minimum absolute atomic E-state index is 0.332. The average molecular weight is 342 g/mol. The van der Waals surface area contributed by atoms with E-state index in [9.17, 15) is 9.18 Å². The molecule has 0 aliphatic heterocycles. The molecule has 0 heterocycles. The fourth-order valence-electron chi connectivity index (χ4n) is 1.71. The first-order valence-electron chi connectivity index (χ1n) is 6.49. The molecule has 0 aliphatic carbocycles. The van der Waals surface area contributed by atoms with Crippen molar-refractivity contribution in [1.29, 1.82) is 0 Å². The van der Waals surface area contributed by atoms with Crippen molar-refractivity contribution >= 4 is 34.8 Å². The Labute approximate surface area is 138 Å². The van der Waals surface area contributed by atoms with Crippen molar-refractivity contribution in [3.05, 3.63) is 58.3 Å². The van der Waals surface area contributed by atoms with Crippen molar-refractivity contribution in [2.24, 2.45) is 0 Å². The third-order valence-electron chi connectivity index (χ3n) is 2.91. The third-order valence-corrected chi connectivity index (χ3v) is 3.46. The van der Waals surface area contributed by atoms with E-state index in [1.807, 2.05) is 0 Å². The molecule has 0 aliphatic rings. The molecule has 1 amide bonds. The number of anilines is 1.